The van der Waals surface area contributed by atoms with E-state index in [0.29, 0.717) is 19.4 Å². The minimum absolute atomic E-state index is 0. The molecule has 1 aromatic heterocycles. The fraction of sp³-hybridized carbons (Fsp3) is 0.652. The zero-order valence-corrected chi connectivity index (χ0v) is 35.1. The van der Waals surface area contributed by atoms with Crippen molar-refractivity contribution in [1.29, 1.82) is 0 Å². The summed E-state index contributed by atoms with van der Waals surface area (Å²) in [6.07, 6.45) is 6.20. The van der Waals surface area contributed by atoms with E-state index in [2.05, 4.69) is 15.3 Å². The molecule has 12 nitrogen and oxygen atoms in total. The Morgan fingerprint density at radius 1 is 0.948 bits per heavy atom. The second-order valence-electron chi connectivity index (χ2n) is 17.8. The predicted molar refractivity (Wildman–Crippen MR) is 222 cm³/mol. The van der Waals surface area contributed by atoms with Crippen LogP contribution in [-0.4, -0.2) is 85.4 Å². The number of benzene rings is 1. The fourth-order valence-corrected chi connectivity index (χ4v) is 8.55. The molecule has 0 radical (unpaired) electrons. The molecule has 2 N–H and O–H groups in total. The van der Waals surface area contributed by atoms with Gasteiger partial charge in [-0.2, -0.15) is 0 Å². The topological polar surface area (TPSA) is 173 Å². The average molecular weight is 805 g/mol. The number of hydrogen-bond donors (Lipinski definition) is 2. The number of ether oxygens (including phenoxy) is 1. The van der Waals surface area contributed by atoms with Crippen molar-refractivity contribution in [1.82, 2.24) is 20.2 Å². The molecule has 0 bridgehead atoms. The molecule has 2 amide bonds. The maximum atomic E-state index is 14.5. The van der Waals surface area contributed by atoms with E-state index in [9.17, 15) is 33.9 Å². The quantitative estimate of drug-likeness (QED) is 0.109. The van der Waals surface area contributed by atoms with Crippen LogP contribution in [0.1, 0.15) is 130 Å². The lowest BCUT2D eigenvalue weighted by atomic mass is 9.82. The van der Waals surface area contributed by atoms with Gasteiger partial charge in [0.05, 0.1) is 18.2 Å². The van der Waals surface area contributed by atoms with Crippen LogP contribution >= 0.6 is 0 Å². The Morgan fingerprint density at radius 2 is 1.64 bits per heavy atom. The van der Waals surface area contributed by atoms with Gasteiger partial charge in [-0.3, -0.25) is 33.8 Å². The zero-order valence-electron chi connectivity index (χ0n) is 35.1. The van der Waals surface area contributed by atoms with Crippen molar-refractivity contribution < 1.29 is 38.6 Å². The highest BCUT2D eigenvalue weighted by Crippen LogP contribution is 2.44. The van der Waals surface area contributed by atoms with E-state index in [4.69, 9.17) is 4.74 Å². The Bertz CT molecular complexity index is 1690. The maximum absolute atomic E-state index is 14.5. The Balaban J connectivity index is 0.00000900. The second-order valence-corrected chi connectivity index (χ2v) is 17.8. The van der Waals surface area contributed by atoms with E-state index < -0.39 is 59.2 Å². The number of likely N-dealkylation sites (tertiary alicyclic amines) is 1. The van der Waals surface area contributed by atoms with E-state index in [-0.39, 0.29) is 79.9 Å². The lowest BCUT2D eigenvalue weighted by molar-refractivity contribution is -0.161. The molecule has 58 heavy (non-hydrogen) atoms. The Labute approximate surface area is 345 Å². The van der Waals surface area contributed by atoms with E-state index in [1.807, 2.05) is 65.0 Å². The third-order valence-electron chi connectivity index (χ3n) is 11.5. The smallest absolute Gasteiger partial charge is 0.310 e. The first kappa shape index (κ1) is 48.1. The van der Waals surface area contributed by atoms with Gasteiger partial charge in [0.2, 0.25) is 11.8 Å². The number of fused-ring (bicyclic) bond motifs is 1. The number of aromatic nitrogens is 2. The van der Waals surface area contributed by atoms with Crippen molar-refractivity contribution in [2.45, 2.75) is 144 Å². The van der Waals surface area contributed by atoms with Crippen molar-refractivity contribution in [3.05, 3.63) is 60.2 Å². The van der Waals surface area contributed by atoms with Gasteiger partial charge < -0.3 is 20.1 Å². The van der Waals surface area contributed by atoms with Crippen LogP contribution in [0.15, 0.2) is 48.9 Å². The molecule has 1 aliphatic heterocycles. The lowest BCUT2D eigenvalue weighted by Gasteiger charge is -2.34. The molecule has 3 unspecified atom stereocenters. The van der Waals surface area contributed by atoms with Gasteiger partial charge in [-0.1, -0.05) is 85.2 Å². The number of aliphatic hydroxyl groups is 1. The van der Waals surface area contributed by atoms with E-state index >= 15 is 0 Å². The first-order valence-corrected chi connectivity index (χ1v) is 20.8. The lowest BCUT2D eigenvalue weighted by Crippen LogP contribution is -2.56. The molecule has 1 aliphatic carbocycles. The van der Waals surface area contributed by atoms with Crippen LogP contribution in [0.5, 0.6) is 0 Å². The predicted octanol–water partition coefficient (Wildman–Crippen LogP) is 6.62. The van der Waals surface area contributed by atoms with Crippen molar-refractivity contribution in [3.8, 4) is 0 Å². The van der Waals surface area contributed by atoms with Gasteiger partial charge in [0, 0.05) is 44.1 Å². The first-order valence-electron chi connectivity index (χ1n) is 20.8. The molecule has 1 saturated carbocycles. The summed E-state index contributed by atoms with van der Waals surface area (Å²) in [5.74, 6) is -5.05. The molecule has 0 spiro atoms. The summed E-state index contributed by atoms with van der Waals surface area (Å²) in [7, 11) is 0. The molecule has 2 fully saturated rings. The summed E-state index contributed by atoms with van der Waals surface area (Å²) in [5.41, 5.74) is 0.262. The second kappa shape index (κ2) is 21.6. The minimum Gasteiger partial charge on any atom is -0.460 e. The number of nitrogens with one attached hydrogen (secondary N) is 1. The monoisotopic (exact) mass is 805 g/mol. The molecular formula is C46H68N4O8. The number of aliphatic hydroxyl groups excluding tert-OH is 1. The van der Waals surface area contributed by atoms with Gasteiger partial charge >= 0.3 is 5.97 Å². The van der Waals surface area contributed by atoms with Gasteiger partial charge in [0.1, 0.15) is 23.4 Å². The van der Waals surface area contributed by atoms with Crippen molar-refractivity contribution >= 4 is 35.1 Å². The number of esters is 1. The minimum atomic E-state index is -1.49. The zero-order chi connectivity index (χ0) is 42.0. The molecule has 12 heteroatoms. The van der Waals surface area contributed by atoms with Gasteiger partial charge in [-0.05, 0) is 81.6 Å². The molecule has 320 valence electrons. The van der Waals surface area contributed by atoms with Crippen LogP contribution in [0.2, 0.25) is 0 Å². The summed E-state index contributed by atoms with van der Waals surface area (Å²) in [6, 6.07) is 7.65. The van der Waals surface area contributed by atoms with Gasteiger partial charge in [0.15, 0.2) is 17.3 Å². The van der Waals surface area contributed by atoms with Crippen LogP contribution in [0, 0.1) is 41.4 Å². The summed E-state index contributed by atoms with van der Waals surface area (Å²) in [5, 5.41) is 14.5. The number of amides is 2. The summed E-state index contributed by atoms with van der Waals surface area (Å²) < 4.78 is 5.68. The average Bonchev–Trinajstić information content (AvgIpc) is 3.76. The molecule has 1 aromatic carbocycles. The standard InChI is InChI=1S/C45H64N4O8.CH4/c1-9-14-30(41(53)38(52)23-32(44(56)57-45(6,7)8)21-29-15-11-10-12-16-29)22-37(51)40-33-18-13-17-31(33)26-49(40)43(55)39(28(4)5)48-42(54)34(27(2)3)24-36(50)35-25-46-19-20-47-35;/h10-12,15-16,19-20,25,27-28,30-34,39-41,53H,9,13-14,17-18,21-24,26H2,1-8H3,(H,48,54);1H4/t30?,31-,32+,33-,34-,39-,40?,41?;/m0./s1. The van der Waals surface area contributed by atoms with Crippen LogP contribution in [0.3, 0.4) is 0 Å². The molecule has 8 atom stereocenters. The Morgan fingerprint density at radius 3 is 2.22 bits per heavy atom. The van der Waals surface area contributed by atoms with Crippen molar-refractivity contribution in [2.75, 3.05) is 6.54 Å². The molecule has 2 heterocycles. The summed E-state index contributed by atoms with van der Waals surface area (Å²) >= 11 is 0. The molecule has 2 aromatic rings. The van der Waals surface area contributed by atoms with Crippen molar-refractivity contribution in [3.63, 3.8) is 0 Å². The number of ketones is 3. The van der Waals surface area contributed by atoms with Crippen molar-refractivity contribution in [2.24, 2.45) is 41.4 Å². The molecule has 4 rings (SSSR count). The maximum Gasteiger partial charge on any atom is 0.310 e. The number of Topliss-reactive ketones (excluding diaryl/α,β-unsaturated/α-hetero) is 3. The van der Waals surface area contributed by atoms with Crippen LogP contribution in [0.25, 0.3) is 0 Å². The summed E-state index contributed by atoms with van der Waals surface area (Å²) in [6.45, 7) is 15.0. The highest BCUT2D eigenvalue weighted by Gasteiger charge is 2.51. The Kier molecular flexibility index (Phi) is 17.9. The van der Waals surface area contributed by atoms with Gasteiger partial charge in [-0.25, -0.2) is 4.98 Å². The molecule has 1 saturated heterocycles. The number of carbonyl (C=O) groups excluding carboxylic acids is 6. The van der Waals surface area contributed by atoms with E-state index in [1.165, 1.54) is 18.6 Å². The van der Waals surface area contributed by atoms with Crippen LogP contribution in [0.4, 0.5) is 0 Å². The Hall–Kier alpha value is -4.32. The van der Waals surface area contributed by atoms with Gasteiger partial charge in [0.25, 0.3) is 0 Å². The number of carbonyl (C=O) groups is 6. The number of rotatable bonds is 20. The fourth-order valence-electron chi connectivity index (χ4n) is 8.55. The summed E-state index contributed by atoms with van der Waals surface area (Å²) in [4.78, 5) is 92.7. The van der Waals surface area contributed by atoms with Crippen LogP contribution < -0.4 is 5.32 Å². The number of nitrogens with zero attached hydrogens (tertiary/aromatic N) is 3. The van der Waals surface area contributed by atoms with Gasteiger partial charge in [-0.15, -0.1) is 0 Å². The molecular weight excluding hydrogens is 737 g/mol. The number of hydrogen-bond acceptors (Lipinski definition) is 10. The highest BCUT2D eigenvalue weighted by atomic mass is 16.6. The first-order chi connectivity index (χ1) is 26.9. The third-order valence-corrected chi connectivity index (χ3v) is 11.5. The van der Waals surface area contributed by atoms with E-state index in [0.717, 1.165) is 24.8 Å². The SMILES string of the molecule is C.CCCC(CC(=O)C1[C@H]2CCC[C@H]2CN1C(=O)[C@@H](NC(=O)[C@@H](CC(=O)c1cnccn1)C(C)C)C(C)C)C(O)C(=O)C[C@@H](Cc1ccccc1)C(=O)OC(C)(C)C. The normalized spacial score (nSPS) is 20.3. The third kappa shape index (κ3) is 12.8. The largest absolute Gasteiger partial charge is 0.460 e. The van der Waals surface area contributed by atoms with E-state index in [1.54, 1.807) is 25.7 Å². The van der Waals surface area contributed by atoms with Crippen LogP contribution in [-0.2, 0) is 35.1 Å². The highest BCUT2D eigenvalue weighted by molar-refractivity contribution is 5.98. The molecule has 2 aliphatic rings.